The van der Waals surface area contributed by atoms with Crippen molar-refractivity contribution in [2.24, 2.45) is 0 Å². The van der Waals surface area contributed by atoms with Gasteiger partial charge in [-0.15, -0.1) is 0 Å². The van der Waals surface area contributed by atoms with E-state index in [-0.39, 0.29) is 55.9 Å². The van der Waals surface area contributed by atoms with Crippen LogP contribution in [-0.2, 0) is 14.8 Å². The summed E-state index contributed by atoms with van der Waals surface area (Å²) in [7, 11) is -3.80. The molecule has 2 amide bonds. The second-order valence-electron chi connectivity index (χ2n) is 6.76. The first-order chi connectivity index (χ1) is 14.3. The fourth-order valence-electron chi connectivity index (χ4n) is 3.10. The molecule has 160 valence electrons. The minimum Gasteiger partial charge on any atom is -0.352 e. The molecule has 2 aromatic carbocycles. The molecule has 0 atom stereocenters. The van der Waals surface area contributed by atoms with Crippen LogP contribution in [0.25, 0.3) is 0 Å². The molecule has 0 bridgehead atoms. The van der Waals surface area contributed by atoms with E-state index < -0.39 is 15.8 Å². The lowest BCUT2D eigenvalue weighted by atomic mass is 10.2. The minimum atomic E-state index is -3.80. The number of halogens is 2. The molecule has 0 aliphatic carbocycles. The Bertz CT molecular complexity index is 1020. The molecule has 30 heavy (non-hydrogen) atoms. The van der Waals surface area contributed by atoms with E-state index in [4.69, 9.17) is 0 Å². The third-order valence-corrected chi connectivity index (χ3v) is 7.18. The number of nitrogens with one attached hydrogen (secondary N) is 1. The van der Waals surface area contributed by atoms with Crippen LogP contribution < -0.4 is 5.32 Å². The molecule has 7 nitrogen and oxygen atoms in total. The second-order valence-corrected chi connectivity index (χ2v) is 9.61. The van der Waals surface area contributed by atoms with Crippen LogP contribution in [0.5, 0.6) is 0 Å². The van der Waals surface area contributed by atoms with E-state index in [2.05, 4.69) is 21.2 Å². The molecule has 0 saturated carbocycles. The monoisotopic (exact) mass is 497 g/mol. The van der Waals surface area contributed by atoms with E-state index in [0.717, 1.165) is 10.5 Å². The Morgan fingerprint density at radius 3 is 2.33 bits per heavy atom. The highest BCUT2D eigenvalue weighted by Crippen LogP contribution is 2.18. The first-order valence-electron chi connectivity index (χ1n) is 9.34. The van der Waals surface area contributed by atoms with Crippen LogP contribution in [0.1, 0.15) is 16.8 Å². The minimum absolute atomic E-state index is 0.0991. The summed E-state index contributed by atoms with van der Waals surface area (Å²) in [6, 6.07) is 11.8. The van der Waals surface area contributed by atoms with Crippen LogP contribution in [0, 0.1) is 5.82 Å². The van der Waals surface area contributed by atoms with Crippen molar-refractivity contribution in [3.05, 3.63) is 64.4 Å². The fraction of sp³-hybridized carbons (Fsp3) is 0.300. The molecular formula is C20H21BrFN3O4S. The first kappa shape index (κ1) is 22.4. The van der Waals surface area contributed by atoms with Crippen LogP contribution in [0.15, 0.2) is 57.9 Å². The van der Waals surface area contributed by atoms with E-state index >= 15 is 0 Å². The van der Waals surface area contributed by atoms with Crippen LogP contribution in [-0.4, -0.2) is 62.2 Å². The lowest BCUT2D eigenvalue weighted by Crippen LogP contribution is -2.50. The molecule has 1 aliphatic rings. The molecule has 1 N–H and O–H groups in total. The van der Waals surface area contributed by atoms with Gasteiger partial charge in [0.05, 0.1) is 4.90 Å². The molecule has 0 unspecified atom stereocenters. The molecule has 10 heteroatoms. The zero-order valence-corrected chi connectivity index (χ0v) is 18.5. The lowest BCUT2D eigenvalue weighted by molar-refractivity contribution is -0.132. The second kappa shape index (κ2) is 9.67. The molecular weight excluding hydrogens is 477 g/mol. The molecule has 1 saturated heterocycles. The average Bonchev–Trinajstić information content (AvgIpc) is 2.74. The molecule has 2 aromatic rings. The number of sulfonamides is 1. The average molecular weight is 498 g/mol. The molecule has 1 heterocycles. The van der Waals surface area contributed by atoms with Crippen molar-refractivity contribution >= 4 is 37.8 Å². The Morgan fingerprint density at radius 1 is 1.03 bits per heavy atom. The summed E-state index contributed by atoms with van der Waals surface area (Å²) in [6.07, 6.45) is 0.124. The normalized spacial score (nSPS) is 15.1. The van der Waals surface area contributed by atoms with Gasteiger partial charge in [-0.25, -0.2) is 12.8 Å². The van der Waals surface area contributed by atoms with Gasteiger partial charge in [0, 0.05) is 49.2 Å². The van der Waals surface area contributed by atoms with Crippen molar-refractivity contribution in [2.75, 3.05) is 32.7 Å². The van der Waals surface area contributed by atoms with Gasteiger partial charge < -0.3 is 10.2 Å². The number of nitrogens with zero attached hydrogens (tertiary/aromatic N) is 2. The number of benzene rings is 2. The molecule has 1 fully saturated rings. The number of rotatable bonds is 6. The van der Waals surface area contributed by atoms with E-state index in [9.17, 15) is 22.4 Å². The van der Waals surface area contributed by atoms with Gasteiger partial charge >= 0.3 is 0 Å². The van der Waals surface area contributed by atoms with Crippen LogP contribution in [0.2, 0.25) is 0 Å². The van der Waals surface area contributed by atoms with Crippen molar-refractivity contribution in [2.45, 2.75) is 11.3 Å². The number of hydrogen-bond donors (Lipinski definition) is 1. The van der Waals surface area contributed by atoms with E-state index in [1.54, 1.807) is 29.2 Å². The summed E-state index contributed by atoms with van der Waals surface area (Å²) in [4.78, 5) is 25.9. The Balaban J connectivity index is 1.47. The van der Waals surface area contributed by atoms with Crippen molar-refractivity contribution < 1.29 is 22.4 Å². The number of hydrogen-bond acceptors (Lipinski definition) is 4. The highest BCUT2D eigenvalue weighted by molar-refractivity contribution is 9.10. The first-order valence-corrected chi connectivity index (χ1v) is 11.6. The number of amides is 2. The predicted molar refractivity (Wildman–Crippen MR) is 113 cm³/mol. The summed E-state index contributed by atoms with van der Waals surface area (Å²) in [6.45, 7) is 0.948. The van der Waals surface area contributed by atoms with Gasteiger partial charge in [-0.1, -0.05) is 22.0 Å². The van der Waals surface area contributed by atoms with Crippen molar-refractivity contribution in [3.8, 4) is 0 Å². The Morgan fingerprint density at radius 2 is 1.70 bits per heavy atom. The van der Waals surface area contributed by atoms with Gasteiger partial charge in [0.2, 0.25) is 15.9 Å². The smallest absolute Gasteiger partial charge is 0.251 e. The van der Waals surface area contributed by atoms with E-state index in [0.29, 0.717) is 5.56 Å². The Hall–Kier alpha value is -2.30. The molecule has 0 aromatic heterocycles. The predicted octanol–water partition coefficient (Wildman–Crippen LogP) is 2.24. The molecule has 1 aliphatic heterocycles. The van der Waals surface area contributed by atoms with E-state index in [1.165, 1.54) is 22.5 Å². The maximum absolute atomic E-state index is 13.4. The number of piperazine rings is 1. The van der Waals surface area contributed by atoms with Gasteiger partial charge in [-0.05, 0) is 42.5 Å². The summed E-state index contributed by atoms with van der Waals surface area (Å²) >= 11 is 3.30. The van der Waals surface area contributed by atoms with Crippen molar-refractivity contribution in [1.82, 2.24) is 14.5 Å². The molecule has 0 spiro atoms. The van der Waals surface area contributed by atoms with Crippen LogP contribution in [0.3, 0.4) is 0 Å². The lowest BCUT2D eigenvalue weighted by Gasteiger charge is -2.34. The van der Waals surface area contributed by atoms with Crippen molar-refractivity contribution in [1.29, 1.82) is 0 Å². The fourth-order valence-corrected chi connectivity index (χ4v) is 4.82. The summed E-state index contributed by atoms with van der Waals surface area (Å²) in [5.41, 5.74) is 0.502. The number of carbonyl (C=O) groups is 2. The largest absolute Gasteiger partial charge is 0.352 e. The SMILES string of the molecule is O=C(NCCC(=O)N1CCN(S(=O)(=O)c2cccc(F)c2)CC1)c1ccc(Br)cc1. The maximum atomic E-state index is 13.4. The van der Waals surface area contributed by atoms with Crippen LogP contribution in [0.4, 0.5) is 4.39 Å². The van der Waals surface area contributed by atoms with Gasteiger partial charge in [-0.2, -0.15) is 4.31 Å². The zero-order chi connectivity index (χ0) is 21.7. The van der Waals surface area contributed by atoms with Crippen molar-refractivity contribution in [3.63, 3.8) is 0 Å². The standard InChI is InChI=1S/C20H21BrFN3O4S/c21-16-6-4-15(5-7-16)20(27)23-9-8-19(26)24-10-12-25(13-11-24)30(28,29)18-3-1-2-17(22)14-18/h1-7,14H,8-13H2,(H,23,27). The quantitative estimate of drug-likeness (QED) is 0.662. The molecule has 3 rings (SSSR count). The summed E-state index contributed by atoms with van der Waals surface area (Å²) in [5, 5.41) is 2.70. The Labute approximate surface area is 183 Å². The van der Waals surface area contributed by atoms with Gasteiger partial charge in [0.15, 0.2) is 0 Å². The van der Waals surface area contributed by atoms with Gasteiger partial charge in [0.25, 0.3) is 5.91 Å². The van der Waals surface area contributed by atoms with E-state index in [1.807, 2.05) is 0 Å². The third-order valence-electron chi connectivity index (χ3n) is 4.76. The number of carbonyl (C=O) groups excluding carboxylic acids is 2. The van der Waals surface area contributed by atoms with Crippen LogP contribution >= 0.6 is 15.9 Å². The Kier molecular flexibility index (Phi) is 7.22. The zero-order valence-electron chi connectivity index (χ0n) is 16.1. The summed E-state index contributed by atoms with van der Waals surface area (Å²) < 4.78 is 40.7. The molecule has 0 radical (unpaired) electrons. The third kappa shape index (κ3) is 5.44. The topological polar surface area (TPSA) is 86.8 Å². The highest BCUT2D eigenvalue weighted by Gasteiger charge is 2.30. The van der Waals surface area contributed by atoms with Gasteiger partial charge in [0.1, 0.15) is 5.82 Å². The summed E-state index contributed by atoms with van der Waals surface area (Å²) in [5.74, 6) is -1.04. The maximum Gasteiger partial charge on any atom is 0.251 e. The highest BCUT2D eigenvalue weighted by atomic mass is 79.9. The van der Waals surface area contributed by atoms with Gasteiger partial charge in [-0.3, -0.25) is 9.59 Å².